The van der Waals surface area contributed by atoms with Gasteiger partial charge in [-0.15, -0.1) is 0 Å². The number of halogens is 1. The van der Waals surface area contributed by atoms with Gasteiger partial charge in [-0.3, -0.25) is 0 Å². The number of nitrogens with one attached hydrogen (secondary N) is 1. The van der Waals surface area contributed by atoms with Gasteiger partial charge in [0.15, 0.2) is 0 Å². The Morgan fingerprint density at radius 2 is 2.43 bits per heavy atom. The van der Waals surface area contributed by atoms with Gasteiger partial charge in [-0.2, -0.15) is 0 Å². The molecule has 1 aromatic rings. The molecule has 1 heterocycles. The number of anilines is 2. The standard InChI is InChI=1S/C9H14ClN3O/c1-2-7(5-14)13-9-8(11)3-6(10)4-12-9/h3-4,7,14H,2,5,11H2,1H3,(H,12,13). The molecule has 0 aromatic carbocycles. The fourth-order valence-corrected chi connectivity index (χ4v) is 1.21. The van der Waals surface area contributed by atoms with Gasteiger partial charge in [0, 0.05) is 6.20 Å². The van der Waals surface area contributed by atoms with Gasteiger partial charge in [-0.05, 0) is 12.5 Å². The third-order valence-corrected chi connectivity index (χ3v) is 2.14. The molecule has 0 saturated heterocycles. The Morgan fingerprint density at radius 1 is 1.71 bits per heavy atom. The number of hydrogen-bond acceptors (Lipinski definition) is 4. The molecular formula is C9H14ClN3O. The predicted molar refractivity (Wildman–Crippen MR) is 58.4 cm³/mol. The van der Waals surface area contributed by atoms with Crippen LogP contribution in [0.4, 0.5) is 11.5 Å². The van der Waals surface area contributed by atoms with Crippen molar-refractivity contribution in [2.24, 2.45) is 0 Å². The molecular weight excluding hydrogens is 202 g/mol. The fraction of sp³-hybridized carbons (Fsp3) is 0.444. The first kappa shape index (κ1) is 11.1. The lowest BCUT2D eigenvalue weighted by Gasteiger charge is -2.15. The summed E-state index contributed by atoms with van der Waals surface area (Å²) >= 11 is 5.70. The number of pyridine rings is 1. The largest absolute Gasteiger partial charge is 0.396 e. The van der Waals surface area contributed by atoms with E-state index >= 15 is 0 Å². The van der Waals surface area contributed by atoms with E-state index in [0.717, 1.165) is 6.42 Å². The topological polar surface area (TPSA) is 71.2 Å². The second-order valence-corrected chi connectivity index (χ2v) is 3.46. The van der Waals surface area contributed by atoms with Gasteiger partial charge in [-0.25, -0.2) is 4.98 Å². The lowest BCUT2D eigenvalue weighted by molar-refractivity contribution is 0.271. The van der Waals surface area contributed by atoms with Gasteiger partial charge in [0.25, 0.3) is 0 Å². The smallest absolute Gasteiger partial charge is 0.149 e. The average molecular weight is 216 g/mol. The number of nitrogens with two attached hydrogens (primary N) is 1. The normalized spacial score (nSPS) is 12.5. The van der Waals surface area contributed by atoms with Crippen molar-refractivity contribution in [3.63, 3.8) is 0 Å². The lowest BCUT2D eigenvalue weighted by atomic mass is 10.2. The molecule has 1 atom stereocenters. The number of aliphatic hydroxyl groups excluding tert-OH is 1. The van der Waals surface area contributed by atoms with E-state index in [4.69, 9.17) is 22.4 Å². The zero-order valence-electron chi connectivity index (χ0n) is 8.00. The molecule has 0 aliphatic carbocycles. The van der Waals surface area contributed by atoms with Crippen molar-refractivity contribution in [3.05, 3.63) is 17.3 Å². The highest BCUT2D eigenvalue weighted by Crippen LogP contribution is 2.20. The average Bonchev–Trinajstić information content (AvgIpc) is 2.17. The van der Waals surface area contributed by atoms with Crippen LogP contribution in [0.5, 0.6) is 0 Å². The van der Waals surface area contributed by atoms with Crippen LogP contribution in [0.2, 0.25) is 5.02 Å². The zero-order chi connectivity index (χ0) is 10.6. The van der Waals surface area contributed by atoms with E-state index in [1.54, 1.807) is 6.07 Å². The van der Waals surface area contributed by atoms with E-state index in [2.05, 4.69) is 10.3 Å². The molecule has 0 bridgehead atoms. The quantitative estimate of drug-likeness (QED) is 0.712. The molecule has 1 unspecified atom stereocenters. The molecule has 1 aromatic heterocycles. The van der Waals surface area contributed by atoms with Crippen LogP contribution in [0.25, 0.3) is 0 Å². The Bertz CT molecular complexity index is 302. The number of rotatable bonds is 4. The van der Waals surface area contributed by atoms with Gasteiger partial charge in [0.05, 0.1) is 23.4 Å². The summed E-state index contributed by atoms with van der Waals surface area (Å²) in [6.07, 6.45) is 2.32. The maximum atomic E-state index is 8.98. The monoisotopic (exact) mass is 215 g/mol. The van der Waals surface area contributed by atoms with Crippen LogP contribution < -0.4 is 11.1 Å². The van der Waals surface area contributed by atoms with Crippen LogP contribution in [-0.2, 0) is 0 Å². The summed E-state index contributed by atoms with van der Waals surface area (Å²) in [6, 6.07) is 1.60. The Kier molecular flexibility index (Phi) is 3.98. The molecule has 0 saturated carbocycles. The van der Waals surface area contributed by atoms with E-state index in [1.807, 2.05) is 6.92 Å². The van der Waals surface area contributed by atoms with Crippen LogP contribution >= 0.6 is 11.6 Å². The maximum absolute atomic E-state index is 8.98. The van der Waals surface area contributed by atoms with E-state index in [-0.39, 0.29) is 12.6 Å². The fourth-order valence-electron chi connectivity index (χ4n) is 1.05. The zero-order valence-corrected chi connectivity index (χ0v) is 8.75. The highest BCUT2D eigenvalue weighted by atomic mass is 35.5. The molecule has 0 radical (unpaired) electrons. The summed E-state index contributed by atoms with van der Waals surface area (Å²) in [6.45, 7) is 2.03. The van der Waals surface area contributed by atoms with Crippen molar-refractivity contribution in [3.8, 4) is 0 Å². The highest BCUT2D eigenvalue weighted by Gasteiger charge is 2.07. The Balaban J connectivity index is 2.76. The summed E-state index contributed by atoms with van der Waals surface area (Å²) < 4.78 is 0. The molecule has 14 heavy (non-hydrogen) atoms. The van der Waals surface area contributed by atoms with E-state index in [9.17, 15) is 0 Å². The Labute approximate surface area is 88.1 Å². The number of aliphatic hydroxyl groups is 1. The molecule has 0 fully saturated rings. The van der Waals surface area contributed by atoms with Crippen molar-refractivity contribution < 1.29 is 5.11 Å². The molecule has 0 aliphatic rings. The van der Waals surface area contributed by atoms with Crippen molar-refractivity contribution in [1.82, 2.24) is 4.98 Å². The first-order valence-electron chi connectivity index (χ1n) is 4.45. The van der Waals surface area contributed by atoms with Gasteiger partial charge >= 0.3 is 0 Å². The molecule has 0 spiro atoms. The third-order valence-electron chi connectivity index (χ3n) is 1.94. The van der Waals surface area contributed by atoms with Crippen LogP contribution in [0.3, 0.4) is 0 Å². The molecule has 0 aliphatic heterocycles. The van der Waals surface area contributed by atoms with Gasteiger partial charge in [-0.1, -0.05) is 18.5 Å². The molecule has 78 valence electrons. The summed E-state index contributed by atoms with van der Waals surface area (Å²) in [5, 5.41) is 12.5. The van der Waals surface area contributed by atoms with Crippen molar-refractivity contribution >= 4 is 23.1 Å². The second kappa shape index (κ2) is 5.02. The molecule has 5 heteroatoms. The second-order valence-electron chi connectivity index (χ2n) is 3.02. The minimum Gasteiger partial charge on any atom is -0.396 e. The Hall–Kier alpha value is -1.00. The van der Waals surface area contributed by atoms with Gasteiger partial charge in [0.1, 0.15) is 5.82 Å². The summed E-state index contributed by atoms with van der Waals surface area (Å²) in [7, 11) is 0. The predicted octanol–water partition coefficient (Wildman–Crippen LogP) is 1.50. The number of nitrogens with zero attached hydrogens (tertiary/aromatic N) is 1. The molecule has 1 rings (SSSR count). The maximum Gasteiger partial charge on any atom is 0.149 e. The lowest BCUT2D eigenvalue weighted by Crippen LogP contribution is -2.23. The third kappa shape index (κ3) is 2.75. The molecule has 4 nitrogen and oxygen atoms in total. The van der Waals surface area contributed by atoms with Gasteiger partial charge in [0.2, 0.25) is 0 Å². The van der Waals surface area contributed by atoms with E-state index in [1.165, 1.54) is 6.20 Å². The van der Waals surface area contributed by atoms with E-state index in [0.29, 0.717) is 16.5 Å². The summed E-state index contributed by atoms with van der Waals surface area (Å²) in [5.74, 6) is 0.565. The number of hydrogen-bond donors (Lipinski definition) is 3. The first-order valence-corrected chi connectivity index (χ1v) is 4.83. The van der Waals surface area contributed by atoms with Crippen LogP contribution in [-0.4, -0.2) is 22.7 Å². The van der Waals surface area contributed by atoms with Crippen LogP contribution in [0.15, 0.2) is 12.3 Å². The summed E-state index contributed by atoms with van der Waals surface area (Å²) in [4.78, 5) is 4.03. The summed E-state index contributed by atoms with van der Waals surface area (Å²) in [5.41, 5.74) is 6.18. The van der Waals surface area contributed by atoms with Crippen molar-refractivity contribution in [1.29, 1.82) is 0 Å². The molecule has 0 amide bonds. The minimum atomic E-state index is -0.0222. The highest BCUT2D eigenvalue weighted by molar-refractivity contribution is 6.30. The molecule has 4 N–H and O–H groups in total. The van der Waals surface area contributed by atoms with E-state index < -0.39 is 0 Å². The SMILES string of the molecule is CCC(CO)Nc1ncc(Cl)cc1N. The van der Waals surface area contributed by atoms with Crippen LogP contribution in [0.1, 0.15) is 13.3 Å². The van der Waals surface area contributed by atoms with Crippen molar-refractivity contribution in [2.45, 2.75) is 19.4 Å². The number of aromatic nitrogens is 1. The van der Waals surface area contributed by atoms with Gasteiger partial charge < -0.3 is 16.2 Å². The van der Waals surface area contributed by atoms with Crippen molar-refractivity contribution in [2.75, 3.05) is 17.7 Å². The van der Waals surface area contributed by atoms with Crippen LogP contribution in [0, 0.1) is 0 Å². The first-order chi connectivity index (χ1) is 6.67. The Morgan fingerprint density at radius 3 is 2.93 bits per heavy atom. The minimum absolute atomic E-state index is 0.0222. The number of nitrogen functional groups attached to an aromatic ring is 1.